The van der Waals surface area contributed by atoms with Crippen LogP contribution >= 0.6 is 0 Å². The maximum absolute atomic E-state index is 6.23. The number of rotatable bonds is 3. The van der Waals surface area contributed by atoms with E-state index in [0.29, 0.717) is 6.54 Å². The van der Waals surface area contributed by atoms with Crippen LogP contribution in [0.4, 0.5) is 0 Å². The summed E-state index contributed by atoms with van der Waals surface area (Å²) >= 11 is 0. The number of hydrogen-bond acceptors (Lipinski definition) is 3. The van der Waals surface area contributed by atoms with Crippen LogP contribution in [0.25, 0.3) is 0 Å². The van der Waals surface area contributed by atoms with Crippen LogP contribution in [0.2, 0.25) is 0 Å². The zero-order valence-corrected chi connectivity index (χ0v) is 10.8. The van der Waals surface area contributed by atoms with E-state index in [4.69, 9.17) is 16.2 Å². The average Bonchev–Trinajstić information content (AvgIpc) is 2.23. The Morgan fingerprint density at radius 2 is 1.81 bits per heavy atom. The molecule has 0 radical (unpaired) electrons. The van der Waals surface area contributed by atoms with Crippen LogP contribution in [0.1, 0.15) is 29.2 Å². The summed E-state index contributed by atoms with van der Waals surface area (Å²) in [6, 6.07) is 2.03. The molecule has 0 aromatic heterocycles. The lowest BCUT2D eigenvalue weighted by atomic mass is 9.84. The van der Waals surface area contributed by atoms with Gasteiger partial charge in [0.2, 0.25) is 0 Å². The van der Waals surface area contributed by atoms with Crippen LogP contribution in [0.15, 0.2) is 6.07 Å². The van der Waals surface area contributed by atoms with Gasteiger partial charge in [0.25, 0.3) is 0 Å². The van der Waals surface area contributed by atoms with Gasteiger partial charge in [-0.05, 0) is 56.0 Å². The Bertz CT molecular complexity index is 397. The van der Waals surface area contributed by atoms with Gasteiger partial charge in [-0.15, -0.1) is 0 Å². The SMILES string of the molecule is COc1cc(C)c(C(C)(N)CN)c(C)c1C. The van der Waals surface area contributed by atoms with Crippen molar-refractivity contribution in [2.45, 2.75) is 33.2 Å². The molecule has 0 heterocycles. The van der Waals surface area contributed by atoms with Crippen LogP contribution in [0, 0.1) is 20.8 Å². The average molecular weight is 222 g/mol. The molecule has 1 atom stereocenters. The van der Waals surface area contributed by atoms with E-state index in [1.807, 2.05) is 26.8 Å². The monoisotopic (exact) mass is 222 g/mol. The molecule has 0 amide bonds. The molecule has 0 aliphatic rings. The molecule has 1 rings (SSSR count). The number of hydrogen-bond donors (Lipinski definition) is 2. The highest BCUT2D eigenvalue weighted by Gasteiger charge is 2.25. The molecule has 1 unspecified atom stereocenters. The lowest BCUT2D eigenvalue weighted by molar-refractivity contribution is 0.409. The molecular formula is C13H22N2O. The van der Waals surface area contributed by atoms with Gasteiger partial charge in [-0.1, -0.05) is 0 Å². The molecule has 0 bridgehead atoms. The number of aryl methyl sites for hydroxylation is 1. The van der Waals surface area contributed by atoms with Crippen LogP contribution in [0.3, 0.4) is 0 Å². The van der Waals surface area contributed by atoms with Gasteiger partial charge in [0.1, 0.15) is 5.75 Å². The smallest absolute Gasteiger partial charge is 0.122 e. The fourth-order valence-electron chi connectivity index (χ4n) is 2.24. The minimum atomic E-state index is -0.481. The van der Waals surface area contributed by atoms with E-state index in [2.05, 4.69) is 6.92 Å². The van der Waals surface area contributed by atoms with Crippen molar-refractivity contribution in [3.05, 3.63) is 28.3 Å². The van der Waals surface area contributed by atoms with E-state index >= 15 is 0 Å². The van der Waals surface area contributed by atoms with Gasteiger partial charge >= 0.3 is 0 Å². The standard InChI is InChI=1S/C13H22N2O/c1-8-6-11(16-5)9(2)10(3)12(8)13(4,15)7-14/h6H,7,14-15H2,1-5H3. The predicted octanol–water partition coefficient (Wildman–Crippen LogP) is 1.75. The molecule has 0 saturated carbocycles. The Balaban J connectivity index is 3.48. The maximum atomic E-state index is 6.23. The van der Waals surface area contributed by atoms with Gasteiger partial charge in [-0.25, -0.2) is 0 Å². The number of nitrogens with two attached hydrogens (primary N) is 2. The minimum absolute atomic E-state index is 0.431. The van der Waals surface area contributed by atoms with Crippen molar-refractivity contribution < 1.29 is 4.74 Å². The summed E-state index contributed by atoms with van der Waals surface area (Å²) in [4.78, 5) is 0. The predicted molar refractivity (Wildman–Crippen MR) is 67.8 cm³/mol. The van der Waals surface area contributed by atoms with Crippen molar-refractivity contribution in [1.29, 1.82) is 0 Å². The second-order valence-electron chi connectivity index (χ2n) is 4.64. The Labute approximate surface area is 97.8 Å². The molecule has 3 heteroatoms. The Kier molecular flexibility index (Phi) is 3.61. The molecule has 16 heavy (non-hydrogen) atoms. The van der Waals surface area contributed by atoms with E-state index in [1.54, 1.807) is 7.11 Å². The summed E-state index contributed by atoms with van der Waals surface area (Å²) in [6.45, 7) is 8.56. The maximum Gasteiger partial charge on any atom is 0.122 e. The van der Waals surface area contributed by atoms with E-state index < -0.39 is 5.54 Å². The van der Waals surface area contributed by atoms with Crippen molar-refractivity contribution in [3.8, 4) is 5.75 Å². The summed E-state index contributed by atoms with van der Waals surface area (Å²) in [5.41, 5.74) is 16.1. The Hall–Kier alpha value is -1.06. The molecule has 4 N–H and O–H groups in total. The third-order valence-electron chi connectivity index (χ3n) is 3.26. The van der Waals surface area contributed by atoms with Gasteiger partial charge in [-0.2, -0.15) is 0 Å². The molecule has 1 aromatic carbocycles. The van der Waals surface area contributed by atoms with Crippen molar-refractivity contribution in [1.82, 2.24) is 0 Å². The van der Waals surface area contributed by atoms with Crippen LogP contribution in [-0.4, -0.2) is 13.7 Å². The molecule has 0 aliphatic heterocycles. The summed E-state index contributed by atoms with van der Waals surface area (Å²) in [7, 11) is 1.69. The van der Waals surface area contributed by atoms with E-state index in [9.17, 15) is 0 Å². The van der Waals surface area contributed by atoms with E-state index in [1.165, 1.54) is 5.56 Å². The third kappa shape index (κ3) is 2.06. The molecular weight excluding hydrogens is 200 g/mol. The second kappa shape index (κ2) is 4.44. The second-order valence-corrected chi connectivity index (χ2v) is 4.64. The highest BCUT2D eigenvalue weighted by Crippen LogP contribution is 2.32. The largest absolute Gasteiger partial charge is 0.496 e. The van der Waals surface area contributed by atoms with Gasteiger partial charge < -0.3 is 16.2 Å². The fraction of sp³-hybridized carbons (Fsp3) is 0.538. The summed E-state index contributed by atoms with van der Waals surface area (Å²) in [6.07, 6.45) is 0. The molecule has 0 saturated heterocycles. The summed E-state index contributed by atoms with van der Waals surface area (Å²) < 4.78 is 5.34. The number of ether oxygens (including phenoxy) is 1. The van der Waals surface area contributed by atoms with Crippen molar-refractivity contribution >= 4 is 0 Å². The Morgan fingerprint density at radius 3 is 2.25 bits per heavy atom. The molecule has 0 spiro atoms. The lowest BCUT2D eigenvalue weighted by Gasteiger charge is -2.29. The number of benzene rings is 1. The lowest BCUT2D eigenvalue weighted by Crippen LogP contribution is -2.42. The van der Waals surface area contributed by atoms with Gasteiger partial charge in [0.15, 0.2) is 0 Å². The topological polar surface area (TPSA) is 61.3 Å². The van der Waals surface area contributed by atoms with Crippen LogP contribution < -0.4 is 16.2 Å². The molecule has 3 nitrogen and oxygen atoms in total. The zero-order valence-electron chi connectivity index (χ0n) is 10.8. The summed E-state index contributed by atoms with van der Waals surface area (Å²) in [5, 5.41) is 0. The van der Waals surface area contributed by atoms with Crippen LogP contribution in [0.5, 0.6) is 5.75 Å². The van der Waals surface area contributed by atoms with Gasteiger partial charge in [0.05, 0.1) is 12.6 Å². The number of methoxy groups -OCH3 is 1. The molecule has 0 aliphatic carbocycles. The van der Waals surface area contributed by atoms with Crippen LogP contribution in [-0.2, 0) is 5.54 Å². The quantitative estimate of drug-likeness (QED) is 0.819. The first-order valence-electron chi connectivity index (χ1n) is 5.49. The fourth-order valence-corrected chi connectivity index (χ4v) is 2.24. The highest BCUT2D eigenvalue weighted by atomic mass is 16.5. The first-order chi connectivity index (χ1) is 7.35. The molecule has 1 aromatic rings. The molecule has 90 valence electrons. The summed E-state index contributed by atoms with van der Waals surface area (Å²) in [5.74, 6) is 0.909. The normalized spacial score (nSPS) is 14.7. The zero-order chi connectivity index (χ0) is 12.5. The molecule has 0 fully saturated rings. The third-order valence-corrected chi connectivity index (χ3v) is 3.26. The Morgan fingerprint density at radius 1 is 1.25 bits per heavy atom. The van der Waals surface area contributed by atoms with E-state index in [-0.39, 0.29) is 0 Å². The van der Waals surface area contributed by atoms with Crippen molar-refractivity contribution in [3.63, 3.8) is 0 Å². The highest BCUT2D eigenvalue weighted by molar-refractivity contribution is 5.50. The first kappa shape index (κ1) is 13.0. The van der Waals surface area contributed by atoms with Gasteiger partial charge in [-0.3, -0.25) is 0 Å². The van der Waals surface area contributed by atoms with E-state index in [0.717, 1.165) is 22.4 Å². The van der Waals surface area contributed by atoms with Crippen molar-refractivity contribution in [2.75, 3.05) is 13.7 Å². The minimum Gasteiger partial charge on any atom is -0.496 e. The van der Waals surface area contributed by atoms with Gasteiger partial charge in [0, 0.05) is 6.54 Å². The first-order valence-corrected chi connectivity index (χ1v) is 5.49. The van der Waals surface area contributed by atoms with Crippen molar-refractivity contribution in [2.24, 2.45) is 11.5 Å².